The number of hydrogen-bond acceptors (Lipinski definition) is 3. The molecule has 0 aliphatic rings. The van der Waals surface area contributed by atoms with Crippen molar-refractivity contribution in [1.82, 2.24) is 14.8 Å². The normalized spacial score (nSPS) is 12.2. The van der Waals surface area contributed by atoms with E-state index in [4.69, 9.17) is 0 Å². The fourth-order valence-corrected chi connectivity index (χ4v) is 2.37. The van der Waals surface area contributed by atoms with Gasteiger partial charge in [-0.05, 0) is 18.2 Å². The molecule has 3 rings (SSSR count). The van der Waals surface area contributed by atoms with Crippen molar-refractivity contribution < 1.29 is 0 Å². The van der Waals surface area contributed by atoms with E-state index in [1.165, 1.54) is 0 Å². The van der Waals surface area contributed by atoms with Gasteiger partial charge in [-0.1, -0.05) is 18.2 Å². The largest absolute Gasteiger partial charge is 0.350 e. The van der Waals surface area contributed by atoms with Gasteiger partial charge in [0, 0.05) is 35.9 Å². The zero-order valence-electron chi connectivity index (χ0n) is 10.5. The molecule has 4 heteroatoms. The summed E-state index contributed by atoms with van der Waals surface area (Å²) in [5.74, 6) is -0.389. The molecule has 0 spiro atoms. The first-order valence-corrected chi connectivity index (χ1v) is 6.02. The molecular formula is C15H12N4. The van der Waals surface area contributed by atoms with Gasteiger partial charge in [0.15, 0.2) is 0 Å². The lowest BCUT2D eigenvalue weighted by molar-refractivity contribution is 0.877. The molecule has 0 bridgehead atoms. The smallest absolute Gasteiger partial charge is 0.117 e. The predicted molar refractivity (Wildman–Crippen MR) is 72.4 cm³/mol. The van der Waals surface area contributed by atoms with Crippen LogP contribution in [0.2, 0.25) is 0 Å². The number of nitriles is 1. The van der Waals surface area contributed by atoms with Crippen LogP contribution in [-0.2, 0) is 7.05 Å². The Morgan fingerprint density at radius 2 is 2.05 bits per heavy atom. The van der Waals surface area contributed by atoms with Crippen LogP contribution in [0.25, 0.3) is 10.9 Å². The maximum absolute atomic E-state index is 9.47. The molecule has 0 aliphatic carbocycles. The summed E-state index contributed by atoms with van der Waals surface area (Å²) in [5.41, 5.74) is 2.77. The van der Waals surface area contributed by atoms with Crippen LogP contribution in [-0.4, -0.2) is 14.8 Å². The Bertz CT molecular complexity index is 753. The SMILES string of the molecule is Cn1cc(C(C#N)c2cccnn2)c2ccccc21. The first-order valence-electron chi connectivity index (χ1n) is 6.02. The van der Waals surface area contributed by atoms with Crippen molar-refractivity contribution in [3.8, 4) is 6.07 Å². The van der Waals surface area contributed by atoms with E-state index in [0.717, 1.165) is 16.5 Å². The maximum atomic E-state index is 9.47. The second-order valence-corrected chi connectivity index (χ2v) is 4.42. The summed E-state index contributed by atoms with van der Waals surface area (Å²) in [6, 6.07) is 14.0. The van der Waals surface area contributed by atoms with Crippen molar-refractivity contribution in [3.05, 3.63) is 60.0 Å². The Morgan fingerprint density at radius 3 is 2.79 bits per heavy atom. The second-order valence-electron chi connectivity index (χ2n) is 4.42. The van der Waals surface area contributed by atoms with Gasteiger partial charge in [0.25, 0.3) is 0 Å². The second kappa shape index (κ2) is 4.54. The van der Waals surface area contributed by atoms with Gasteiger partial charge in [-0.3, -0.25) is 0 Å². The molecule has 0 aliphatic heterocycles. The molecule has 2 aromatic heterocycles. The molecule has 0 saturated carbocycles. The van der Waals surface area contributed by atoms with Crippen molar-refractivity contribution in [2.45, 2.75) is 5.92 Å². The maximum Gasteiger partial charge on any atom is 0.117 e. The van der Waals surface area contributed by atoms with Crippen LogP contribution >= 0.6 is 0 Å². The molecule has 3 aromatic rings. The highest BCUT2D eigenvalue weighted by Crippen LogP contribution is 2.30. The Kier molecular flexibility index (Phi) is 2.73. The number of aryl methyl sites for hydroxylation is 1. The number of rotatable bonds is 2. The number of fused-ring (bicyclic) bond motifs is 1. The van der Waals surface area contributed by atoms with Crippen molar-refractivity contribution in [1.29, 1.82) is 5.26 Å². The third kappa shape index (κ3) is 1.85. The Balaban J connectivity index is 2.21. The molecule has 0 saturated heterocycles. The summed E-state index contributed by atoms with van der Waals surface area (Å²) in [5, 5.41) is 18.5. The van der Waals surface area contributed by atoms with Gasteiger partial charge < -0.3 is 4.57 Å². The Labute approximate surface area is 110 Å². The van der Waals surface area contributed by atoms with E-state index in [0.29, 0.717) is 5.69 Å². The molecule has 19 heavy (non-hydrogen) atoms. The minimum absolute atomic E-state index is 0.389. The summed E-state index contributed by atoms with van der Waals surface area (Å²) in [6.45, 7) is 0. The first-order chi connectivity index (χ1) is 9.31. The third-order valence-corrected chi connectivity index (χ3v) is 3.26. The van der Waals surface area contributed by atoms with Crippen LogP contribution in [0.15, 0.2) is 48.8 Å². The number of nitrogens with zero attached hydrogens (tertiary/aromatic N) is 4. The molecule has 2 heterocycles. The minimum Gasteiger partial charge on any atom is -0.350 e. The molecule has 4 nitrogen and oxygen atoms in total. The zero-order valence-corrected chi connectivity index (χ0v) is 10.5. The number of hydrogen-bond donors (Lipinski definition) is 0. The van der Waals surface area contributed by atoms with Gasteiger partial charge in [-0.2, -0.15) is 15.5 Å². The number of para-hydroxylation sites is 1. The van der Waals surface area contributed by atoms with E-state index in [1.54, 1.807) is 12.3 Å². The van der Waals surface area contributed by atoms with E-state index < -0.39 is 0 Å². The fourth-order valence-electron chi connectivity index (χ4n) is 2.37. The van der Waals surface area contributed by atoms with E-state index >= 15 is 0 Å². The molecule has 1 aromatic carbocycles. The van der Waals surface area contributed by atoms with Gasteiger partial charge >= 0.3 is 0 Å². The van der Waals surface area contributed by atoms with Crippen molar-refractivity contribution in [2.24, 2.45) is 7.05 Å². The predicted octanol–water partition coefficient (Wildman–Crippen LogP) is 2.62. The molecule has 92 valence electrons. The van der Waals surface area contributed by atoms with Crippen LogP contribution in [0.1, 0.15) is 17.2 Å². The van der Waals surface area contributed by atoms with E-state index in [-0.39, 0.29) is 5.92 Å². The quantitative estimate of drug-likeness (QED) is 0.700. The van der Waals surface area contributed by atoms with Gasteiger partial charge in [-0.25, -0.2) is 0 Å². The standard InChI is InChI=1S/C15H12N4/c1-19-10-13(11-5-2-3-7-15(11)19)12(9-16)14-6-4-8-17-18-14/h2-8,10,12H,1H3. The highest BCUT2D eigenvalue weighted by molar-refractivity contribution is 5.85. The topological polar surface area (TPSA) is 54.5 Å². The lowest BCUT2D eigenvalue weighted by Gasteiger charge is -2.06. The van der Waals surface area contributed by atoms with Crippen molar-refractivity contribution >= 4 is 10.9 Å². The van der Waals surface area contributed by atoms with Gasteiger partial charge in [-0.15, -0.1) is 0 Å². The van der Waals surface area contributed by atoms with Crippen LogP contribution in [0, 0.1) is 11.3 Å². The molecule has 1 unspecified atom stereocenters. The molecule has 0 N–H and O–H groups in total. The van der Waals surface area contributed by atoms with E-state index in [9.17, 15) is 5.26 Å². The number of aromatic nitrogens is 3. The highest BCUT2D eigenvalue weighted by atomic mass is 15.1. The molecule has 1 atom stereocenters. The lowest BCUT2D eigenvalue weighted by atomic mass is 9.96. The monoisotopic (exact) mass is 248 g/mol. The summed E-state index contributed by atoms with van der Waals surface area (Å²) in [7, 11) is 1.98. The molecule has 0 radical (unpaired) electrons. The van der Waals surface area contributed by atoms with Gasteiger partial charge in [0.2, 0.25) is 0 Å². The lowest BCUT2D eigenvalue weighted by Crippen LogP contribution is -2.01. The van der Waals surface area contributed by atoms with Crippen LogP contribution in [0.3, 0.4) is 0 Å². The molecular weight excluding hydrogens is 236 g/mol. The summed E-state index contributed by atoms with van der Waals surface area (Å²) < 4.78 is 2.03. The fraction of sp³-hybridized carbons (Fsp3) is 0.133. The average molecular weight is 248 g/mol. The summed E-state index contributed by atoms with van der Waals surface area (Å²) in [6.07, 6.45) is 3.61. The van der Waals surface area contributed by atoms with Crippen LogP contribution in [0.4, 0.5) is 0 Å². The molecule has 0 fully saturated rings. The first kappa shape index (κ1) is 11.4. The Morgan fingerprint density at radius 1 is 1.21 bits per heavy atom. The third-order valence-electron chi connectivity index (χ3n) is 3.26. The average Bonchev–Trinajstić information content (AvgIpc) is 2.79. The number of benzene rings is 1. The highest BCUT2D eigenvalue weighted by Gasteiger charge is 2.19. The van der Waals surface area contributed by atoms with Crippen LogP contribution < -0.4 is 0 Å². The zero-order chi connectivity index (χ0) is 13.2. The summed E-state index contributed by atoms with van der Waals surface area (Å²) in [4.78, 5) is 0. The van der Waals surface area contributed by atoms with Crippen molar-refractivity contribution in [2.75, 3.05) is 0 Å². The Hall–Kier alpha value is -2.67. The van der Waals surface area contributed by atoms with E-state index in [1.807, 2.05) is 48.1 Å². The van der Waals surface area contributed by atoms with Crippen LogP contribution in [0.5, 0.6) is 0 Å². The van der Waals surface area contributed by atoms with Gasteiger partial charge in [0.05, 0.1) is 11.8 Å². The van der Waals surface area contributed by atoms with Crippen molar-refractivity contribution in [3.63, 3.8) is 0 Å². The summed E-state index contributed by atoms with van der Waals surface area (Å²) >= 11 is 0. The van der Waals surface area contributed by atoms with E-state index in [2.05, 4.69) is 16.3 Å². The molecule has 0 amide bonds. The minimum atomic E-state index is -0.389. The van der Waals surface area contributed by atoms with Gasteiger partial charge in [0.1, 0.15) is 5.92 Å².